The normalized spacial score (nSPS) is 25.6. The van der Waals surface area contributed by atoms with Crippen molar-refractivity contribution in [2.75, 3.05) is 26.2 Å². The zero-order valence-corrected chi connectivity index (χ0v) is 16.3. The first-order chi connectivity index (χ1) is 14.1. The van der Waals surface area contributed by atoms with E-state index in [-0.39, 0.29) is 11.9 Å². The number of amides is 1. The van der Waals surface area contributed by atoms with Crippen LogP contribution in [0.3, 0.4) is 0 Å². The molecule has 29 heavy (non-hydrogen) atoms. The lowest BCUT2D eigenvalue weighted by Gasteiger charge is -2.48. The Kier molecular flexibility index (Phi) is 4.56. The monoisotopic (exact) mass is 391 g/mol. The number of aromatic nitrogens is 3. The molecule has 5 rings (SSSR count). The molecule has 150 valence electrons. The number of carbonyl (C=O) groups excluding carboxylic acids is 1. The minimum absolute atomic E-state index is 0.0262. The second kappa shape index (κ2) is 7.24. The van der Waals surface area contributed by atoms with Gasteiger partial charge in [-0.3, -0.25) is 9.69 Å². The van der Waals surface area contributed by atoms with Gasteiger partial charge < -0.3 is 10.0 Å². The fourth-order valence-electron chi connectivity index (χ4n) is 4.77. The number of pyridine rings is 1. The highest BCUT2D eigenvalue weighted by atomic mass is 16.3. The quantitative estimate of drug-likeness (QED) is 0.739. The lowest BCUT2D eigenvalue weighted by atomic mass is 9.79. The van der Waals surface area contributed by atoms with E-state index in [9.17, 15) is 9.90 Å². The van der Waals surface area contributed by atoms with Gasteiger partial charge >= 0.3 is 0 Å². The third-order valence-electron chi connectivity index (χ3n) is 6.37. The van der Waals surface area contributed by atoms with Crippen LogP contribution < -0.4 is 0 Å². The number of aliphatic hydroxyl groups is 1. The van der Waals surface area contributed by atoms with Gasteiger partial charge in [-0.2, -0.15) is 5.10 Å². The molecule has 2 aliphatic heterocycles. The number of hydrogen-bond acceptors (Lipinski definition) is 5. The standard InChI is InChI=1S/C22H25N5O2/c28-21(17-8-9-20-23-16-24-27(20)14-17)26-13-10-22(29,18-6-2-1-3-7-18)19(15-26)25-11-4-5-12-25/h1-3,6-9,14,16,19,29H,4-5,10-13,15H2/t19-,22+/m1/s1. The van der Waals surface area contributed by atoms with Crippen molar-refractivity contribution in [3.63, 3.8) is 0 Å². The first-order valence-corrected chi connectivity index (χ1v) is 10.3. The average molecular weight is 391 g/mol. The fourth-order valence-corrected chi connectivity index (χ4v) is 4.77. The average Bonchev–Trinajstić information content (AvgIpc) is 3.45. The van der Waals surface area contributed by atoms with E-state index in [0.29, 0.717) is 30.7 Å². The van der Waals surface area contributed by atoms with Crippen LogP contribution in [0.2, 0.25) is 0 Å². The highest BCUT2D eigenvalue weighted by molar-refractivity contribution is 5.94. The second-order valence-corrected chi connectivity index (χ2v) is 8.03. The molecule has 2 atom stereocenters. The lowest BCUT2D eigenvalue weighted by molar-refractivity contribution is -0.0878. The molecule has 3 aromatic rings. The molecule has 1 amide bonds. The summed E-state index contributed by atoms with van der Waals surface area (Å²) >= 11 is 0. The SMILES string of the molecule is O=C(c1ccc2ncnn2c1)N1CC[C@](O)(c2ccccc2)[C@H](N2CCCC2)C1. The Morgan fingerprint density at radius 2 is 1.86 bits per heavy atom. The van der Waals surface area contributed by atoms with E-state index in [1.165, 1.54) is 6.33 Å². The summed E-state index contributed by atoms with van der Waals surface area (Å²) in [7, 11) is 0. The van der Waals surface area contributed by atoms with E-state index >= 15 is 0 Å². The van der Waals surface area contributed by atoms with Gasteiger partial charge in [0, 0.05) is 19.3 Å². The van der Waals surface area contributed by atoms with Gasteiger partial charge in [0.2, 0.25) is 0 Å². The molecule has 2 fully saturated rings. The fraction of sp³-hybridized carbons (Fsp3) is 0.409. The Bertz CT molecular complexity index is 1010. The van der Waals surface area contributed by atoms with Crippen LogP contribution in [0, 0.1) is 0 Å². The zero-order valence-electron chi connectivity index (χ0n) is 16.3. The van der Waals surface area contributed by atoms with E-state index in [2.05, 4.69) is 15.0 Å². The maximum atomic E-state index is 13.2. The number of carbonyl (C=O) groups is 1. The maximum absolute atomic E-state index is 13.2. The molecule has 7 heteroatoms. The van der Waals surface area contributed by atoms with E-state index < -0.39 is 5.60 Å². The number of likely N-dealkylation sites (tertiary alicyclic amines) is 2. The zero-order chi connectivity index (χ0) is 19.8. The molecule has 2 aliphatic rings. The Hall–Kier alpha value is -2.77. The maximum Gasteiger partial charge on any atom is 0.255 e. The lowest BCUT2D eigenvalue weighted by Crippen LogP contribution is -2.61. The highest BCUT2D eigenvalue weighted by Gasteiger charge is 2.47. The van der Waals surface area contributed by atoms with Gasteiger partial charge in [0.1, 0.15) is 11.9 Å². The van der Waals surface area contributed by atoms with Gasteiger partial charge in [0.05, 0.1) is 11.6 Å². The molecule has 1 N–H and O–H groups in total. The van der Waals surface area contributed by atoms with Crippen molar-refractivity contribution in [1.82, 2.24) is 24.4 Å². The van der Waals surface area contributed by atoms with Crippen molar-refractivity contribution in [1.29, 1.82) is 0 Å². The Balaban J connectivity index is 1.44. The summed E-state index contributed by atoms with van der Waals surface area (Å²) < 4.78 is 1.62. The summed E-state index contributed by atoms with van der Waals surface area (Å²) in [6, 6.07) is 13.4. The van der Waals surface area contributed by atoms with Crippen LogP contribution in [0.4, 0.5) is 0 Å². The summed E-state index contributed by atoms with van der Waals surface area (Å²) in [4.78, 5) is 21.6. The molecule has 0 spiro atoms. The van der Waals surface area contributed by atoms with Crippen molar-refractivity contribution < 1.29 is 9.90 Å². The van der Waals surface area contributed by atoms with Crippen LogP contribution in [0.1, 0.15) is 35.2 Å². The van der Waals surface area contributed by atoms with Gasteiger partial charge in [0.25, 0.3) is 5.91 Å². The van der Waals surface area contributed by atoms with E-state index in [4.69, 9.17) is 0 Å². The van der Waals surface area contributed by atoms with E-state index in [0.717, 1.165) is 31.5 Å². The van der Waals surface area contributed by atoms with Crippen molar-refractivity contribution >= 4 is 11.6 Å². The molecule has 0 aliphatic carbocycles. The predicted molar refractivity (Wildman–Crippen MR) is 108 cm³/mol. The van der Waals surface area contributed by atoms with Crippen molar-refractivity contribution in [2.24, 2.45) is 0 Å². The molecule has 0 bridgehead atoms. The van der Waals surface area contributed by atoms with Gasteiger partial charge in [-0.25, -0.2) is 9.50 Å². The Morgan fingerprint density at radius 3 is 2.66 bits per heavy atom. The highest BCUT2D eigenvalue weighted by Crippen LogP contribution is 2.37. The molecule has 7 nitrogen and oxygen atoms in total. The molecule has 2 aromatic heterocycles. The number of hydrogen-bond donors (Lipinski definition) is 1. The van der Waals surface area contributed by atoms with Crippen LogP contribution >= 0.6 is 0 Å². The number of benzene rings is 1. The second-order valence-electron chi connectivity index (χ2n) is 8.03. The molecular formula is C22H25N5O2. The molecule has 0 saturated carbocycles. The molecule has 4 heterocycles. The van der Waals surface area contributed by atoms with E-state index in [1.807, 2.05) is 41.3 Å². The predicted octanol–water partition coefficient (Wildman–Crippen LogP) is 1.93. The summed E-state index contributed by atoms with van der Waals surface area (Å²) in [5, 5.41) is 15.9. The van der Waals surface area contributed by atoms with Crippen LogP contribution in [-0.2, 0) is 5.60 Å². The third kappa shape index (κ3) is 3.20. The Labute approximate surface area is 169 Å². The van der Waals surface area contributed by atoms with Gasteiger partial charge in [0.15, 0.2) is 5.65 Å². The first kappa shape index (κ1) is 18.3. The van der Waals surface area contributed by atoms with Crippen LogP contribution in [0.25, 0.3) is 5.65 Å². The molecule has 2 saturated heterocycles. The summed E-state index contributed by atoms with van der Waals surface area (Å²) in [6.07, 6.45) is 6.01. The van der Waals surface area contributed by atoms with Crippen LogP contribution in [-0.4, -0.2) is 67.6 Å². The number of nitrogens with zero attached hydrogens (tertiary/aromatic N) is 5. The van der Waals surface area contributed by atoms with Crippen LogP contribution in [0.15, 0.2) is 55.0 Å². The molecular weight excluding hydrogens is 366 g/mol. The number of rotatable bonds is 3. The number of piperidine rings is 1. The topological polar surface area (TPSA) is 74.0 Å². The first-order valence-electron chi connectivity index (χ1n) is 10.3. The van der Waals surface area contributed by atoms with Gasteiger partial charge in [-0.05, 0) is 50.0 Å². The number of fused-ring (bicyclic) bond motifs is 1. The molecule has 0 radical (unpaired) electrons. The Morgan fingerprint density at radius 1 is 1.07 bits per heavy atom. The largest absolute Gasteiger partial charge is 0.383 e. The summed E-state index contributed by atoms with van der Waals surface area (Å²) in [5.74, 6) is -0.0262. The van der Waals surface area contributed by atoms with Crippen molar-refractivity contribution in [3.8, 4) is 0 Å². The minimum atomic E-state index is -0.946. The molecule has 1 aromatic carbocycles. The summed E-state index contributed by atoms with van der Waals surface area (Å²) in [5.41, 5.74) is 1.30. The van der Waals surface area contributed by atoms with Gasteiger partial charge in [-0.1, -0.05) is 30.3 Å². The van der Waals surface area contributed by atoms with Crippen LogP contribution in [0.5, 0.6) is 0 Å². The van der Waals surface area contributed by atoms with E-state index in [1.54, 1.807) is 16.8 Å². The van der Waals surface area contributed by atoms with Gasteiger partial charge in [-0.15, -0.1) is 0 Å². The smallest absolute Gasteiger partial charge is 0.255 e. The molecule has 0 unspecified atom stereocenters. The third-order valence-corrected chi connectivity index (χ3v) is 6.37. The minimum Gasteiger partial charge on any atom is -0.383 e. The van der Waals surface area contributed by atoms with Crippen molar-refractivity contribution in [3.05, 3.63) is 66.1 Å². The summed E-state index contributed by atoms with van der Waals surface area (Å²) in [6.45, 7) is 2.96. The van der Waals surface area contributed by atoms with Crippen molar-refractivity contribution in [2.45, 2.75) is 30.9 Å².